The van der Waals surface area contributed by atoms with Gasteiger partial charge in [-0.1, -0.05) is 0 Å². The number of ether oxygens (including phenoxy) is 3. The minimum Gasteiger partial charge on any atom is -0.394 e. The van der Waals surface area contributed by atoms with E-state index in [0.29, 0.717) is 11.2 Å². The van der Waals surface area contributed by atoms with Gasteiger partial charge in [-0.3, -0.25) is 18.9 Å². The minimum absolute atomic E-state index is 0.0965. The number of nitrogens with two attached hydrogens (primary N) is 1. The Kier molecular flexibility index (Phi) is 9.47. The summed E-state index contributed by atoms with van der Waals surface area (Å²) in [5.41, 5.74) is 5.33. The first-order valence-electron chi connectivity index (χ1n) is 11.8. The van der Waals surface area contributed by atoms with E-state index >= 15 is 0 Å². The third-order valence-corrected chi connectivity index (χ3v) is 6.87. The average molecular weight is 570 g/mol. The average Bonchev–Trinajstić information content (AvgIpc) is 3.49. The third-order valence-electron chi connectivity index (χ3n) is 6.00. The molecule has 0 aliphatic carbocycles. The molecule has 39 heavy (non-hydrogen) atoms. The van der Waals surface area contributed by atoms with Crippen LogP contribution in [0.25, 0.3) is 11.2 Å². The van der Waals surface area contributed by atoms with E-state index in [-0.39, 0.29) is 25.5 Å². The van der Waals surface area contributed by atoms with Gasteiger partial charge in [0.15, 0.2) is 17.7 Å². The Labute approximate surface area is 221 Å². The summed E-state index contributed by atoms with van der Waals surface area (Å²) in [4.78, 5) is 37.9. The zero-order valence-electron chi connectivity index (χ0n) is 21.0. The first-order chi connectivity index (χ1) is 18.7. The van der Waals surface area contributed by atoms with E-state index in [4.69, 9.17) is 29.0 Å². The van der Waals surface area contributed by atoms with Crippen LogP contribution in [0.2, 0.25) is 0 Å². The number of nitrogens with one attached hydrogen (secondary N) is 1. The molecule has 0 amide bonds. The van der Waals surface area contributed by atoms with Gasteiger partial charge >= 0.3 is 13.9 Å². The maximum absolute atomic E-state index is 12.5. The molecule has 1 aliphatic rings. The van der Waals surface area contributed by atoms with Crippen LogP contribution in [-0.4, -0.2) is 90.6 Å². The summed E-state index contributed by atoms with van der Waals surface area (Å²) in [7, 11) is -1.34. The van der Waals surface area contributed by atoms with Gasteiger partial charge in [0.1, 0.15) is 43.0 Å². The van der Waals surface area contributed by atoms with Gasteiger partial charge in [0, 0.05) is 30.4 Å². The van der Waals surface area contributed by atoms with Crippen molar-refractivity contribution in [3.8, 4) is 0 Å². The quantitative estimate of drug-likeness (QED) is 0.185. The standard InChI is InChI=1S/C21H28N7O10P/c1-11(13(6-29)36-17(8-34-2)27-4-3-15(31)26-21(27)32)38-39(33)35-7-14-12(30)5-16(37-14)28-10-25-18-19(22)23-9-24-20(18)28/h3-4,9-14,16-17,29-30H,5-8H2,1-2H3,(H2-,22,23,24,26,31,32)/p+1/t11-,12?,13-,14-,16-,17-/m1/s1. The largest absolute Gasteiger partial charge is 0.697 e. The molecule has 1 saturated heterocycles. The number of nitrogens with zero attached hydrogens (tertiary/aromatic N) is 5. The van der Waals surface area contributed by atoms with Crippen LogP contribution in [0, 0.1) is 0 Å². The van der Waals surface area contributed by atoms with Crippen LogP contribution in [0.3, 0.4) is 0 Å². The van der Waals surface area contributed by atoms with Crippen LogP contribution >= 0.6 is 8.25 Å². The van der Waals surface area contributed by atoms with E-state index in [9.17, 15) is 24.4 Å². The molecule has 0 saturated carbocycles. The van der Waals surface area contributed by atoms with Gasteiger partial charge in [0.2, 0.25) is 0 Å². The number of rotatable bonds is 13. The topological polar surface area (TPSA) is 228 Å². The summed E-state index contributed by atoms with van der Waals surface area (Å²) in [6.45, 7) is 0.584. The second-order valence-corrected chi connectivity index (χ2v) is 9.55. The Morgan fingerprint density at radius 1 is 1.33 bits per heavy atom. The summed E-state index contributed by atoms with van der Waals surface area (Å²) in [6, 6.07) is 1.13. The monoisotopic (exact) mass is 570 g/mol. The number of methoxy groups -OCH3 is 1. The Hall–Kier alpha value is -3.15. The highest BCUT2D eigenvalue weighted by Gasteiger charge is 2.40. The molecule has 0 spiro atoms. The van der Waals surface area contributed by atoms with Crippen LogP contribution in [-0.2, 0) is 27.8 Å². The van der Waals surface area contributed by atoms with Crippen molar-refractivity contribution in [2.75, 3.05) is 32.7 Å². The Morgan fingerprint density at radius 2 is 2.13 bits per heavy atom. The number of fused-ring (bicyclic) bond motifs is 1. The van der Waals surface area contributed by atoms with Gasteiger partial charge in [0.05, 0.1) is 25.6 Å². The number of aliphatic hydroxyl groups excluding tert-OH is 2. The Morgan fingerprint density at radius 3 is 2.85 bits per heavy atom. The van der Waals surface area contributed by atoms with Crippen LogP contribution < -0.4 is 17.0 Å². The number of hydrogen-bond acceptors (Lipinski definition) is 14. The molecular weight excluding hydrogens is 541 g/mol. The molecule has 7 atom stereocenters. The molecule has 4 heterocycles. The van der Waals surface area contributed by atoms with Crippen molar-refractivity contribution in [1.29, 1.82) is 0 Å². The second kappa shape index (κ2) is 12.8. The number of aromatic nitrogens is 6. The van der Waals surface area contributed by atoms with E-state index in [1.807, 2.05) is 0 Å². The molecule has 1 fully saturated rings. The molecule has 3 aromatic heterocycles. The maximum atomic E-state index is 12.5. The number of hydrogen-bond donors (Lipinski definition) is 4. The first kappa shape index (κ1) is 28.8. The zero-order chi connectivity index (χ0) is 28.1. The highest BCUT2D eigenvalue weighted by Crippen LogP contribution is 2.34. The van der Waals surface area contributed by atoms with Gasteiger partial charge < -0.3 is 30.2 Å². The predicted octanol–water partition coefficient (Wildman–Crippen LogP) is -0.791. The Bertz CT molecular complexity index is 1400. The molecule has 18 heteroatoms. The van der Waals surface area contributed by atoms with Crippen molar-refractivity contribution in [2.45, 2.75) is 50.2 Å². The molecule has 212 valence electrons. The molecule has 0 aromatic carbocycles. The summed E-state index contributed by atoms with van der Waals surface area (Å²) in [5, 5.41) is 20.3. The van der Waals surface area contributed by atoms with E-state index in [1.54, 1.807) is 4.57 Å². The summed E-state index contributed by atoms with van der Waals surface area (Å²) >= 11 is 0. The fourth-order valence-electron chi connectivity index (χ4n) is 3.97. The van der Waals surface area contributed by atoms with E-state index in [2.05, 4.69) is 19.9 Å². The second-order valence-electron chi connectivity index (χ2n) is 8.63. The fourth-order valence-corrected chi connectivity index (χ4v) is 4.71. The van der Waals surface area contributed by atoms with Crippen LogP contribution in [0.1, 0.15) is 25.8 Å². The molecule has 0 radical (unpaired) electrons. The number of H-pyrrole nitrogens is 1. The number of nitrogen functional groups attached to an aromatic ring is 1. The van der Waals surface area contributed by atoms with Gasteiger partial charge in [0.25, 0.3) is 5.56 Å². The number of aliphatic hydroxyl groups is 2. The lowest BCUT2D eigenvalue weighted by molar-refractivity contribution is -0.135. The number of imidazole rings is 1. The molecule has 2 unspecified atom stereocenters. The Balaban J connectivity index is 1.32. The van der Waals surface area contributed by atoms with Gasteiger partial charge in [-0.05, 0) is 6.92 Å². The first-order valence-corrected chi connectivity index (χ1v) is 12.9. The van der Waals surface area contributed by atoms with Crippen LogP contribution in [0.5, 0.6) is 0 Å². The summed E-state index contributed by atoms with van der Waals surface area (Å²) < 4.78 is 42.5. The normalized spacial score (nSPS) is 22.2. The van der Waals surface area contributed by atoms with Gasteiger partial charge in [-0.15, -0.1) is 9.05 Å². The van der Waals surface area contributed by atoms with Gasteiger partial charge in [-0.2, -0.15) is 0 Å². The number of aromatic amines is 1. The molecule has 4 rings (SSSR count). The lowest BCUT2D eigenvalue weighted by Crippen LogP contribution is -2.40. The van der Waals surface area contributed by atoms with Gasteiger partial charge in [-0.25, -0.2) is 19.7 Å². The predicted molar refractivity (Wildman–Crippen MR) is 133 cm³/mol. The van der Waals surface area contributed by atoms with Crippen molar-refractivity contribution >= 4 is 25.2 Å². The zero-order valence-corrected chi connectivity index (χ0v) is 21.9. The minimum atomic E-state index is -2.72. The molecule has 1 aliphatic heterocycles. The SMILES string of the molecule is COC[C@@H](O[C@H](CO)[C@@H](C)O[P+](=O)OC[C@H]1O[C@@H](n2cnc3c(N)ncnc32)CC1O)n1ccc(=O)[nH]c1=O. The van der Waals surface area contributed by atoms with Crippen molar-refractivity contribution in [3.63, 3.8) is 0 Å². The fraction of sp³-hybridized carbons (Fsp3) is 0.571. The molecule has 17 nitrogen and oxygen atoms in total. The van der Waals surface area contributed by atoms with Crippen LogP contribution in [0.15, 0.2) is 34.5 Å². The van der Waals surface area contributed by atoms with Crippen molar-refractivity contribution in [1.82, 2.24) is 29.1 Å². The van der Waals surface area contributed by atoms with E-state index in [1.165, 1.54) is 32.9 Å². The summed E-state index contributed by atoms with van der Waals surface area (Å²) in [6.07, 6.45) is -1.22. The molecule has 3 aromatic rings. The van der Waals surface area contributed by atoms with Crippen molar-refractivity contribution < 1.29 is 38.0 Å². The van der Waals surface area contributed by atoms with E-state index < -0.39 is 63.0 Å². The lowest BCUT2D eigenvalue weighted by atomic mass is 10.2. The highest BCUT2D eigenvalue weighted by molar-refractivity contribution is 7.33. The highest BCUT2D eigenvalue weighted by atomic mass is 31.1. The number of anilines is 1. The van der Waals surface area contributed by atoms with Crippen LogP contribution in [0.4, 0.5) is 5.82 Å². The third kappa shape index (κ3) is 6.71. The lowest BCUT2D eigenvalue weighted by Gasteiger charge is -2.26. The summed E-state index contributed by atoms with van der Waals surface area (Å²) in [5.74, 6) is 0.213. The van der Waals surface area contributed by atoms with Crippen molar-refractivity contribution in [3.05, 3.63) is 45.8 Å². The molecular formula is C21H29N7O10P+. The smallest absolute Gasteiger partial charge is 0.394 e. The maximum Gasteiger partial charge on any atom is 0.697 e. The van der Waals surface area contributed by atoms with Crippen molar-refractivity contribution in [2.24, 2.45) is 0 Å². The van der Waals surface area contributed by atoms with E-state index in [0.717, 1.165) is 10.6 Å². The molecule has 5 N–H and O–H groups in total. The molecule has 0 bridgehead atoms.